The van der Waals surface area contributed by atoms with E-state index < -0.39 is 0 Å². The smallest absolute Gasteiger partial charge is 0.309 e. The largest absolute Gasteiger partial charge is 0.463 e. The zero-order valence-corrected chi connectivity index (χ0v) is 12.0. The fourth-order valence-electron chi connectivity index (χ4n) is 1.80. The Bertz CT molecular complexity index is 266. The van der Waals surface area contributed by atoms with Crippen molar-refractivity contribution in [1.29, 1.82) is 0 Å². The standard InChI is InChI=1S/C14H26O3/c1-13(2,3)7-11(14(4,5)6)12(15)17-9-10-8-16-10/h10-11H,7-9H2,1-6H3. The van der Waals surface area contributed by atoms with Gasteiger partial charge in [-0.25, -0.2) is 0 Å². The van der Waals surface area contributed by atoms with Crippen LogP contribution in [-0.2, 0) is 14.3 Å². The summed E-state index contributed by atoms with van der Waals surface area (Å²) in [6.45, 7) is 13.9. The molecule has 1 rings (SSSR count). The van der Waals surface area contributed by atoms with Crippen molar-refractivity contribution in [2.24, 2.45) is 16.7 Å². The van der Waals surface area contributed by atoms with Gasteiger partial charge in [-0.1, -0.05) is 41.5 Å². The predicted octanol–water partition coefficient (Wildman–Crippen LogP) is 3.03. The van der Waals surface area contributed by atoms with E-state index in [4.69, 9.17) is 9.47 Å². The van der Waals surface area contributed by atoms with E-state index >= 15 is 0 Å². The zero-order valence-electron chi connectivity index (χ0n) is 12.0. The van der Waals surface area contributed by atoms with Gasteiger partial charge in [0, 0.05) is 0 Å². The summed E-state index contributed by atoms with van der Waals surface area (Å²) in [4.78, 5) is 12.1. The first-order valence-corrected chi connectivity index (χ1v) is 6.38. The fraction of sp³-hybridized carbons (Fsp3) is 0.929. The number of carbonyl (C=O) groups is 1. The van der Waals surface area contributed by atoms with Gasteiger partial charge in [-0.2, -0.15) is 0 Å². The Morgan fingerprint density at radius 2 is 1.82 bits per heavy atom. The van der Waals surface area contributed by atoms with Crippen LogP contribution in [0.25, 0.3) is 0 Å². The molecule has 0 aromatic carbocycles. The molecular formula is C14H26O3. The molecule has 0 radical (unpaired) electrons. The lowest BCUT2D eigenvalue weighted by Gasteiger charge is -2.33. The Balaban J connectivity index is 2.57. The van der Waals surface area contributed by atoms with Crippen LogP contribution < -0.4 is 0 Å². The highest BCUT2D eigenvalue weighted by atomic mass is 16.6. The fourth-order valence-corrected chi connectivity index (χ4v) is 1.80. The summed E-state index contributed by atoms with van der Waals surface area (Å²) in [6, 6.07) is 0. The van der Waals surface area contributed by atoms with Gasteiger partial charge in [0.15, 0.2) is 0 Å². The molecule has 100 valence electrons. The highest BCUT2D eigenvalue weighted by Crippen LogP contribution is 2.36. The number of esters is 1. The normalized spacial score (nSPS) is 22.1. The minimum absolute atomic E-state index is 0.0544. The number of hydrogen-bond donors (Lipinski definition) is 0. The maximum atomic E-state index is 12.1. The number of carbonyl (C=O) groups excluding carboxylic acids is 1. The van der Waals surface area contributed by atoms with Gasteiger partial charge in [-0.3, -0.25) is 4.79 Å². The van der Waals surface area contributed by atoms with Crippen LogP contribution in [0, 0.1) is 16.7 Å². The van der Waals surface area contributed by atoms with E-state index in [0.717, 1.165) is 13.0 Å². The third-order valence-electron chi connectivity index (χ3n) is 2.96. The van der Waals surface area contributed by atoms with Gasteiger partial charge in [-0.15, -0.1) is 0 Å². The monoisotopic (exact) mass is 242 g/mol. The van der Waals surface area contributed by atoms with Crippen molar-refractivity contribution in [1.82, 2.24) is 0 Å². The summed E-state index contributed by atoms with van der Waals surface area (Å²) < 4.78 is 10.4. The van der Waals surface area contributed by atoms with Gasteiger partial charge in [0.1, 0.15) is 12.7 Å². The Labute approximate surface area is 105 Å². The molecular weight excluding hydrogens is 216 g/mol. The highest BCUT2D eigenvalue weighted by molar-refractivity contribution is 5.73. The van der Waals surface area contributed by atoms with Crippen molar-refractivity contribution in [3.8, 4) is 0 Å². The summed E-state index contributed by atoms with van der Waals surface area (Å²) >= 11 is 0. The molecule has 0 saturated carbocycles. The van der Waals surface area contributed by atoms with Crippen molar-refractivity contribution >= 4 is 5.97 Å². The van der Waals surface area contributed by atoms with Crippen molar-refractivity contribution in [2.75, 3.05) is 13.2 Å². The third kappa shape index (κ3) is 5.53. The summed E-state index contributed by atoms with van der Waals surface area (Å²) in [7, 11) is 0. The summed E-state index contributed by atoms with van der Waals surface area (Å²) in [6.07, 6.45) is 0.995. The molecule has 1 heterocycles. The van der Waals surface area contributed by atoms with Gasteiger partial charge in [0.25, 0.3) is 0 Å². The molecule has 1 saturated heterocycles. The Morgan fingerprint density at radius 3 is 2.18 bits per heavy atom. The Morgan fingerprint density at radius 1 is 1.29 bits per heavy atom. The van der Waals surface area contributed by atoms with Crippen molar-refractivity contribution in [2.45, 2.75) is 54.1 Å². The molecule has 0 spiro atoms. The second-order valence-electron chi connectivity index (χ2n) is 7.27. The lowest BCUT2D eigenvalue weighted by Crippen LogP contribution is -2.34. The molecule has 17 heavy (non-hydrogen) atoms. The Kier molecular flexibility index (Phi) is 4.23. The van der Waals surface area contributed by atoms with Crippen LogP contribution in [0.2, 0.25) is 0 Å². The maximum absolute atomic E-state index is 12.1. The zero-order chi connectivity index (χ0) is 13.3. The van der Waals surface area contributed by atoms with E-state index in [0.29, 0.717) is 6.61 Å². The van der Waals surface area contributed by atoms with E-state index in [-0.39, 0.29) is 28.8 Å². The maximum Gasteiger partial charge on any atom is 0.309 e. The Hall–Kier alpha value is -0.570. The van der Waals surface area contributed by atoms with E-state index in [1.807, 2.05) is 0 Å². The molecule has 0 amide bonds. The molecule has 3 heteroatoms. The minimum Gasteiger partial charge on any atom is -0.463 e. The molecule has 0 N–H and O–H groups in total. The number of epoxide rings is 1. The van der Waals surface area contributed by atoms with Crippen molar-refractivity contribution in [3.63, 3.8) is 0 Å². The van der Waals surface area contributed by atoms with Gasteiger partial charge >= 0.3 is 5.97 Å². The molecule has 1 aliphatic heterocycles. The van der Waals surface area contributed by atoms with E-state index in [1.165, 1.54) is 0 Å². The van der Waals surface area contributed by atoms with Crippen LogP contribution in [0.1, 0.15) is 48.0 Å². The van der Waals surface area contributed by atoms with Crippen LogP contribution in [0.3, 0.4) is 0 Å². The summed E-state index contributed by atoms with van der Waals surface area (Å²) in [5.74, 6) is -0.135. The topological polar surface area (TPSA) is 38.8 Å². The predicted molar refractivity (Wildman–Crippen MR) is 67.7 cm³/mol. The van der Waals surface area contributed by atoms with Crippen LogP contribution >= 0.6 is 0 Å². The van der Waals surface area contributed by atoms with Gasteiger partial charge in [0.05, 0.1) is 12.5 Å². The summed E-state index contributed by atoms with van der Waals surface area (Å²) in [5, 5.41) is 0. The average Bonchev–Trinajstić information content (AvgIpc) is 2.90. The third-order valence-corrected chi connectivity index (χ3v) is 2.96. The average molecular weight is 242 g/mol. The first kappa shape index (κ1) is 14.5. The van der Waals surface area contributed by atoms with Crippen molar-refractivity contribution < 1.29 is 14.3 Å². The van der Waals surface area contributed by atoms with Gasteiger partial charge < -0.3 is 9.47 Å². The molecule has 0 aromatic heterocycles. The molecule has 2 unspecified atom stereocenters. The molecule has 0 bridgehead atoms. The van der Waals surface area contributed by atoms with Gasteiger partial charge in [-0.05, 0) is 17.3 Å². The van der Waals surface area contributed by atoms with Crippen molar-refractivity contribution in [3.05, 3.63) is 0 Å². The quantitative estimate of drug-likeness (QED) is 0.562. The lowest BCUT2D eigenvalue weighted by molar-refractivity contribution is -0.154. The second-order valence-corrected chi connectivity index (χ2v) is 7.27. The second kappa shape index (κ2) is 4.97. The lowest BCUT2D eigenvalue weighted by atomic mass is 9.72. The van der Waals surface area contributed by atoms with Crippen LogP contribution in [0.5, 0.6) is 0 Å². The molecule has 0 aromatic rings. The van der Waals surface area contributed by atoms with E-state index in [9.17, 15) is 4.79 Å². The molecule has 2 atom stereocenters. The first-order valence-electron chi connectivity index (χ1n) is 6.38. The molecule has 3 nitrogen and oxygen atoms in total. The minimum atomic E-state index is -0.0806. The van der Waals surface area contributed by atoms with E-state index in [1.54, 1.807) is 0 Å². The summed E-state index contributed by atoms with van der Waals surface area (Å²) in [5.41, 5.74) is 0.0712. The molecule has 1 aliphatic rings. The number of rotatable bonds is 4. The molecule has 1 fully saturated rings. The first-order chi connectivity index (χ1) is 7.59. The van der Waals surface area contributed by atoms with Gasteiger partial charge in [0.2, 0.25) is 0 Å². The SMILES string of the molecule is CC(C)(C)CC(C(=O)OCC1CO1)C(C)(C)C. The molecule has 0 aliphatic carbocycles. The number of hydrogen-bond acceptors (Lipinski definition) is 3. The van der Waals surface area contributed by atoms with E-state index in [2.05, 4.69) is 41.5 Å². The van der Waals surface area contributed by atoms with Crippen LogP contribution in [0.15, 0.2) is 0 Å². The number of ether oxygens (including phenoxy) is 2. The van der Waals surface area contributed by atoms with Crippen LogP contribution in [-0.4, -0.2) is 25.3 Å². The highest BCUT2D eigenvalue weighted by Gasteiger charge is 2.36. The van der Waals surface area contributed by atoms with Crippen LogP contribution in [0.4, 0.5) is 0 Å².